The number of anilines is 3. The number of ether oxygens (including phenoxy) is 2. The third kappa shape index (κ3) is 9.07. The molecule has 57 heavy (non-hydrogen) atoms. The van der Waals surface area contributed by atoms with Crippen LogP contribution in [0.1, 0.15) is 6.92 Å². The van der Waals surface area contributed by atoms with Crippen LogP contribution in [0.2, 0.25) is 15.7 Å². The lowest BCUT2D eigenvalue weighted by atomic mass is 10.2. The van der Waals surface area contributed by atoms with E-state index in [0.717, 1.165) is 54.4 Å². The van der Waals surface area contributed by atoms with E-state index in [1.165, 1.54) is 0 Å². The Morgan fingerprint density at radius 3 is 1.67 bits per heavy atom. The summed E-state index contributed by atoms with van der Waals surface area (Å²) >= 11 is 17.3. The van der Waals surface area contributed by atoms with Crippen LogP contribution in [-0.4, -0.2) is 124 Å². The lowest BCUT2D eigenvalue weighted by Gasteiger charge is -2.28. The Morgan fingerprint density at radius 1 is 0.649 bits per heavy atom. The van der Waals surface area contributed by atoms with Crippen LogP contribution in [0.15, 0.2) is 43.2 Å². The van der Waals surface area contributed by atoms with Crippen molar-refractivity contribution in [1.29, 1.82) is 0 Å². The number of halogens is 3. The number of imidazole rings is 3. The van der Waals surface area contributed by atoms with E-state index in [1.54, 1.807) is 23.5 Å². The standard InChI is InChI=1S/C19H23N7O2.C10H12ClN5O.C6H4Cl2N4/c1-3-20-19(27)22-14-6-4-13(5-7-14)16-23-17-15(25(2)12-21-17)18(24-16)26-8-10-28-11-9-26;1-15-6-12-8-7(15)9(14-10(11)13-8)16-2-4-17-5-3-16;1-12-2-9-5-3(12)4(7)10-6(8)11-5/h4-7,12H,3,8-11H2,1-2H3,(H2,20,22,27);6H,2-5H2,1H3;2H,1H3. The van der Waals surface area contributed by atoms with Crippen LogP contribution in [-0.2, 0) is 30.6 Å². The molecule has 2 amide bonds. The molecule has 1 aromatic carbocycles. The number of benzene rings is 1. The van der Waals surface area contributed by atoms with Gasteiger partial charge in [0.1, 0.15) is 16.6 Å². The van der Waals surface area contributed by atoms with Crippen LogP contribution < -0.4 is 20.4 Å². The lowest BCUT2D eigenvalue weighted by molar-refractivity contribution is 0.122. The fraction of sp³-hybridized carbons (Fsp3) is 0.371. The second-order valence-electron chi connectivity index (χ2n) is 12.8. The molecule has 19 nitrogen and oxygen atoms in total. The van der Waals surface area contributed by atoms with Crippen molar-refractivity contribution < 1.29 is 14.3 Å². The Bertz CT molecular complexity index is 2500. The van der Waals surface area contributed by atoms with Crippen molar-refractivity contribution in [1.82, 2.24) is 63.9 Å². The number of carbonyl (C=O) groups is 1. The molecule has 0 spiro atoms. The lowest BCUT2D eigenvalue weighted by Crippen LogP contribution is -2.37. The first kappa shape index (κ1) is 39.8. The van der Waals surface area contributed by atoms with Gasteiger partial charge in [-0.2, -0.15) is 15.0 Å². The van der Waals surface area contributed by atoms with Crippen LogP contribution in [0.5, 0.6) is 0 Å². The molecule has 0 radical (unpaired) electrons. The molecule has 0 saturated carbocycles. The largest absolute Gasteiger partial charge is 0.378 e. The molecule has 22 heteroatoms. The number of nitrogens with one attached hydrogen (secondary N) is 2. The Morgan fingerprint density at radius 2 is 1.12 bits per heavy atom. The molecule has 7 aromatic rings. The first-order valence-electron chi connectivity index (χ1n) is 17.9. The van der Waals surface area contributed by atoms with Crippen molar-refractivity contribution in [2.75, 3.05) is 74.3 Å². The van der Waals surface area contributed by atoms with Crippen LogP contribution in [0.25, 0.3) is 44.9 Å². The maximum atomic E-state index is 11.7. The average molecular weight is 838 g/mol. The van der Waals surface area contributed by atoms with Crippen LogP contribution in [0.4, 0.5) is 22.1 Å². The molecule has 2 aliphatic heterocycles. The molecule has 8 heterocycles. The highest BCUT2D eigenvalue weighted by Gasteiger charge is 2.22. The second-order valence-corrected chi connectivity index (χ2v) is 13.8. The minimum absolute atomic E-state index is 0.117. The number of rotatable bonds is 5. The van der Waals surface area contributed by atoms with Gasteiger partial charge >= 0.3 is 6.03 Å². The topological polar surface area (TPSA) is 197 Å². The number of fused-ring (bicyclic) bond motifs is 3. The average Bonchev–Trinajstić information content (AvgIpc) is 3.91. The van der Waals surface area contributed by atoms with E-state index < -0.39 is 0 Å². The zero-order valence-electron chi connectivity index (χ0n) is 31.5. The van der Waals surface area contributed by atoms with E-state index in [-0.39, 0.29) is 16.6 Å². The summed E-state index contributed by atoms with van der Waals surface area (Å²) < 4.78 is 16.4. The van der Waals surface area contributed by atoms with Crippen molar-refractivity contribution in [2.24, 2.45) is 21.1 Å². The smallest absolute Gasteiger partial charge is 0.319 e. The number of aromatic nitrogens is 12. The summed E-state index contributed by atoms with van der Waals surface area (Å²) in [5.74, 6) is 2.31. The molecule has 2 saturated heterocycles. The van der Waals surface area contributed by atoms with Gasteiger partial charge in [0, 0.05) is 65.1 Å². The number of carbonyl (C=O) groups excluding carboxylic acids is 1. The first-order chi connectivity index (χ1) is 27.6. The van der Waals surface area contributed by atoms with E-state index in [1.807, 2.05) is 61.5 Å². The molecule has 0 unspecified atom stereocenters. The Balaban J connectivity index is 0.000000144. The number of urea groups is 1. The van der Waals surface area contributed by atoms with E-state index >= 15 is 0 Å². The van der Waals surface area contributed by atoms with E-state index in [2.05, 4.69) is 60.3 Å². The summed E-state index contributed by atoms with van der Waals surface area (Å²) in [7, 11) is 5.69. The Kier molecular flexibility index (Phi) is 12.4. The highest BCUT2D eigenvalue weighted by atomic mass is 35.5. The Labute approximate surface area is 341 Å². The van der Waals surface area contributed by atoms with Gasteiger partial charge < -0.3 is 43.6 Å². The highest BCUT2D eigenvalue weighted by Crippen LogP contribution is 2.29. The quantitative estimate of drug-likeness (QED) is 0.181. The third-order valence-corrected chi connectivity index (χ3v) is 9.54. The minimum Gasteiger partial charge on any atom is -0.378 e. The summed E-state index contributed by atoms with van der Waals surface area (Å²) in [6.45, 7) is 8.42. The predicted molar refractivity (Wildman–Crippen MR) is 218 cm³/mol. The van der Waals surface area contributed by atoms with Gasteiger partial charge in [-0.15, -0.1) is 0 Å². The SMILES string of the molecule is CCNC(=O)Nc1ccc(-c2nc(N3CCOCC3)c3c(ncn3C)n2)cc1.Cn1cnc2nc(Cl)nc(Cl)c21.Cn1cnc2nc(Cl)nc(N3CCOCC3)c21. The van der Waals surface area contributed by atoms with Crippen molar-refractivity contribution in [3.63, 3.8) is 0 Å². The predicted octanol–water partition coefficient (Wildman–Crippen LogP) is 4.53. The Hall–Kier alpha value is -5.47. The van der Waals surface area contributed by atoms with Gasteiger partial charge in [0.25, 0.3) is 0 Å². The van der Waals surface area contributed by atoms with Gasteiger partial charge in [-0.1, -0.05) is 11.6 Å². The fourth-order valence-corrected chi connectivity index (χ4v) is 6.85. The summed E-state index contributed by atoms with van der Waals surface area (Å²) in [5, 5.41) is 6.17. The molecule has 9 rings (SSSR count). The van der Waals surface area contributed by atoms with Crippen LogP contribution in [0, 0.1) is 0 Å². The van der Waals surface area contributed by atoms with Gasteiger partial charge in [0.2, 0.25) is 10.6 Å². The number of aryl methyl sites for hydroxylation is 3. The molecule has 0 aliphatic carbocycles. The molecular weight excluding hydrogens is 799 g/mol. The number of morpholine rings is 2. The maximum absolute atomic E-state index is 11.7. The minimum atomic E-state index is -0.226. The third-order valence-electron chi connectivity index (χ3n) is 8.94. The van der Waals surface area contributed by atoms with Crippen LogP contribution in [0.3, 0.4) is 0 Å². The number of hydrogen-bond acceptors (Lipinski definition) is 14. The maximum Gasteiger partial charge on any atom is 0.319 e. The number of hydrogen-bond donors (Lipinski definition) is 2. The molecule has 0 atom stereocenters. The summed E-state index contributed by atoms with van der Waals surface area (Å²) in [5.41, 5.74) is 5.91. The van der Waals surface area contributed by atoms with Crippen molar-refractivity contribution in [2.45, 2.75) is 6.92 Å². The van der Waals surface area contributed by atoms with Crippen molar-refractivity contribution >= 4 is 91.6 Å². The van der Waals surface area contributed by atoms with Gasteiger partial charge in [0.05, 0.1) is 45.4 Å². The van der Waals surface area contributed by atoms with Gasteiger partial charge in [0.15, 0.2) is 39.6 Å². The fourth-order valence-electron chi connectivity index (χ4n) is 6.19. The molecule has 6 aromatic heterocycles. The number of amides is 2. The van der Waals surface area contributed by atoms with E-state index in [0.29, 0.717) is 72.1 Å². The first-order valence-corrected chi connectivity index (χ1v) is 19.1. The molecule has 2 fully saturated rings. The zero-order chi connectivity index (χ0) is 40.1. The molecule has 0 bridgehead atoms. The van der Waals surface area contributed by atoms with Gasteiger partial charge in [-0.3, -0.25) is 0 Å². The monoisotopic (exact) mass is 836 g/mol. The normalized spacial score (nSPS) is 14.3. The van der Waals surface area contributed by atoms with Crippen molar-refractivity contribution in [3.8, 4) is 11.4 Å². The molecule has 2 N–H and O–H groups in total. The summed E-state index contributed by atoms with van der Waals surface area (Å²) in [6, 6.07) is 7.25. The van der Waals surface area contributed by atoms with E-state index in [4.69, 9.17) is 49.3 Å². The van der Waals surface area contributed by atoms with Crippen molar-refractivity contribution in [3.05, 3.63) is 59.0 Å². The molecular formula is C35H39Cl3N16O3. The van der Waals surface area contributed by atoms with Crippen LogP contribution >= 0.6 is 34.8 Å². The molecule has 298 valence electrons. The number of nitrogens with zero attached hydrogens (tertiary/aromatic N) is 14. The summed E-state index contributed by atoms with van der Waals surface area (Å²) in [4.78, 5) is 54.3. The van der Waals surface area contributed by atoms with E-state index in [9.17, 15) is 4.79 Å². The summed E-state index contributed by atoms with van der Waals surface area (Å²) in [6.07, 6.45) is 5.09. The highest BCUT2D eigenvalue weighted by molar-refractivity contribution is 6.35. The zero-order valence-corrected chi connectivity index (χ0v) is 33.8. The second kappa shape index (κ2) is 17.8. The van der Waals surface area contributed by atoms with Gasteiger partial charge in [-0.25, -0.2) is 34.7 Å². The van der Waals surface area contributed by atoms with Gasteiger partial charge in [-0.05, 0) is 54.4 Å². The molecule has 2 aliphatic rings.